The van der Waals surface area contributed by atoms with Crippen molar-refractivity contribution in [3.63, 3.8) is 0 Å². The van der Waals surface area contributed by atoms with Crippen LogP contribution >= 0.6 is 0 Å². The van der Waals surface area contributed by atoms with Crippen LogP contribution in [0.2, 0.25) is 0 Å². The Labute approximate surface area is 219 Å². The van der Waals surface area contributed by atoms with Crippen LogP contribution in [0.4, 0.5) is 5.82 Å². The third-order valence-electron chi connectivity index (χ3n) is 7.58. The Kier molecular flexibility index (Phi) is 7.76. The molecule has 1 aromatic carbocycles. The van der Waals surface area contributed by atoms with Crippen molar-refractivity contribution in [2.75, 3.05) is 31.6 Å². The fraction of sp³-hybridized carbons (Fsp3) is 0.552. The van der Waals surface area contributed by atoms with Crippen molar-refractivity contribution < 1.29 is 14.6 Å². The van der Waals surface area contributed by atoms with Gasteiger partial charge in [0, 0.05) is 43.4 Å². The standard InChI is InChI=1S/C29H39N5O3/c1-19(2)34-25-12-7-11-24(26(25)20(3)32-34)27(29(35)36)33-17-23(18-33)37-16-6-4-5-10-22-14-13-21-9-8-15-30-28(21)31-22/h7,11-14,19,23,27H,4-6,8-10,15-18H2,1-3H3,(H,30,31)(H,35,36). The topological polar surface area (TPSA) is 92.5 Å². The zero-order chi connectivity index (χ0) is 25.9. The van der Waals surface area contributed by atoms with Gasteiger partial charge in [-0.1, -0.05) is 24.6 Å². The molecule has 0 amide bonds. The molecule has 1 atom stereocenters. The molecule has 3 aromatic rings. The molecule has 2 aliphatic rings. The summed E-state index contributed by atoms with van der Waals surface area (Å²) in [6.07, 6.45) is 6.59. The molecule has 8 heteroatoms. The van der Waals surface area contributed by atoms with E-state index >= 15 is 0 Å². The minimum Gasteiger partial charge on any atom is -0.480 e. The molecule has 2 aliphatic heterocycles. The molecular weight excluding hydrogens is 466 g/mol. The molecule has 4 heterocycles. The van der Waals surface area contributed by atoms with Crippen molar-refractivity contribution in [3.8, 4) is 0 Å². The predicted molar refractivity (Wildman–Crippen MR) is 145 cm³/mol. The fourth-order valence-corrected chi connectivity index (χ4v) is 5.64. The Balaban J connectivity index is 1.09. The second kappa shape index (κ2) is 11.2. The Morgan fingerprint density at radius 1 is 1.19 bits per heavy atom. The van der Waals surface area contributed by atoms with Crippen molar-refractivity contribution in [2.24, 2.45) is 0 Å². The zero-order valence-electron chi connectivity index (χ0n) is 22.2. The Morgan fingerprint density at radius 2 is 2.03 bits per heavy atom. The van der Waals surface area contributed by atoms with Gasteiger partial charge in [0.15, 0.2) is 0 Å². The quantitative estimate of drug-likeness (QED) is 0.357. The zero-order valence-corrected chi connectivity index (χ0v) is 22.2. The monoisotopic (exact) mass is 505 g/mol. The number of pyridine rings is 1. The first-order valence-electron chi connectivity index (χ1n) is 13.7. The molecule has 0 spiro atoms. The number of likely N-dealkylation sites (tertiary alicyclic amines) is 1. The fourth-order valence-electron chi connectivity index (χ4n) is 5.64. The number of aromatic nitrogens is 3. The van der Waals surface area contributed by atoms with E-state index in [1.54, 1.807) is 0 Å². The minimum absolute atomic E-state index is 0.0916. The lowest BCUT2D eigenvalue weighted by molar-refractivity contribution is -0.150. The van der Waals surface area contributed by atoms with Crippen LogP contribution in [-0.4, -0.2) is 63.1 Å². The van der Waals surface area contributed by atoms with Gasteiger partial charge in [0.1, 0.15) is 11.9 Å². The van der Waals surface area contributed by atoms with Gasteiger partial charge in [-0.05, 0) is 76.1 Å². The molecule has 0 saturated carbocycles. The molecule has 198 valence electrons. The number of nitrogens with one attached hydrogen (secondary N) is 1. The van der Waals surface area contributed by atoms with Crippen LogP contribution in [-0.2, 0) is 22.4 Å². The maximum Gasteiger partial charge on any atom is 0.325 e. The highest BCUT2D eigenvalue weighted by atomic mass is 16.5. The number of aliphatic carboxylic acids is 1. The van der Waals surface area contributed by atoms with Crippen LogP contribution < -0.4 is 5.32 Å². The number of carbonyl (C=O) groups is 1. The third kappa shape index (κ3) is 5.50. The van der Waals surface area contributed by atoms with Crippen molar-refractivity contribution in [1.82, 2.24) is 19.7 Å². The van der Waals surface area contributed by atoms with Crippen LogP contribution in [0.3, 0.4) is 0 Å². The summed E-state index contributed by atoms with van der Waals surface area (Å²) in [5.74, 6) is 0.245. The molecule has 5 rings (SSSR count). The second-order valence-electron chi connectivity index (χ2n) is 10.7. The number of carboxylic acids is 1. The largest absolute Gasteiger partial charge is 0.480 e. The predicted octanol–water partition coefficient (Wildman–Crippen LogP) is 4.92. The summed E-state index contributed by atoms with van der Waals surface area (Å²) < 4.78 is 8.05. The molecule has 1 fully saturated rings. The third-order valence-corrected chi connectivity index (χ3v) is 7.58. The number of anilines is 1. The number of ether oxygens (including phenoxy) is 1. The molecule has 8 nitrogen and oxygen atoms in total. The first-order chi connectivity index (χ1) is 17.9. The number of hydrogen-bond acceptors (Lipinski definition) is 6. The van der Waals surface area contributed by atoms with E-state index in [0.717, 1.165) is 72.3 Å². The summed E-state index contributed by atoms with van der Waals surface area (Å²) in [5.41, 5.74) is 5.18. The number of rotatable bonds is 11. The van der Waals surface area contributed by atoms with Gasteiger partial charge in [0.25, 0.3) is 0 Å². The summed E-state index contributed by atoms with van der Waals surface area (Å²) >= 11 is 0. The van der Waals surface area contributed by atoms with Crippen molar-refractivity contribution in [1.29, 1.82) is 0 Å². The molecule has 37 heavy (non-hydrogen) atoms. The molecule has 2 aromatic heterocycles. The number of nitrogens with zero attached hydrogens (tertiary/aromatic N) is 4. The van der Waals surface area contributed by atoms with E-state index < -0.39 is 12.0 Å². The van der Waals surface area contributed by atoms with Crippen molar-refractivity contribution in [2.45, 2.75) is 77.5 Å². The Bertz CT molecular complexity index is 1250. The van der Waals surface area contributed by atoms with E-state index in [-0.39, 0.29) is 12.1 Å². The minimum atomic E-state index is -0.825. The first-order valence-corrected chi connectivity index (χ1v) is 13.7. The number of aryl methyl sites for hydroxylation is 3. The lowest BCUT2D eigenvalue weighted by Gasteiger charge is -2.42. The normalized spacial score (nSPS) is 17.0. The Morgan fingerprint density at radius 3 is 2.81 bits per heavy atom. The van der Waals surface area contributed by atoms with Crippen LogP contribution in [0.15, 0.2) is 30.3 Å². The Hall–Kier alpha value is -2.97. The smallest absolute Gasteiger partial charge is 0.325 e. The van der Waals surface area contributed by atoms with E-state index in [1.165, 1.54) is 12.0 Å². The first kappa shape index (κ1) is 25.7. The average Bonchev–Trinajstić information content (AvgIpc) is 3.21. The summed E-state index contributed by atoms with van der Waals surface area (Å²) in [6.45, 7) is 9.15. The number of fused-ring (bicyclic) bond motifs is 2. The maximum atomic E-state index is 12.3. The van der Waals surface area contributed by atoms with Crippen molar-refractivity contribution >= 4 is 22.7 Å². The van der Waals surface area contributed by atoms with E-state index in [0.29, 0.717) is 19.7 Å². The van der Waals surface area contributed by atoms with Gasteiger partial charge in [-0.15, -0.1) is 0 Å². The van der Waals surface area contributed by atoms with Gasteiger partial charge in [-0.25, -0.2) is 4.98 Å². The van der Waals surface area contributed by atoms with Gasteiger partial charge in [0.2, 0.25) is 0 Å². The number of unbranched alkanes of at least 4 members (excludes halogenated alkanes) is 2. The molecule has 0 aliphatic carbocycles. The lowest BCUT2D eigenvalue weighted by atomic mass is 9.96. The lowest BCUT2D eigenvalue weighted by Crippen LogP contribution is -2.55. The summed E-state index contributed by atoms with van der Waals surface area (Å²) in [4.78, 5) is 19.1. The average molecular weight is 506 g/mol. The van der Waals surface area contributed by atoms with Gasteiger partial charge in [-0.2, -0.15) is 5.10 Å². The molecule has 1 saturated heterocycles. The van der Waals surface area contributed by atoms with Crippen LogP contribution in [0.25, 0.3) is 10.9 Å². The van der Waals surface area contributed by atoms with E-state index in [9.17, 15) is 9.90 Å². The number of hydrogen-bond donors (Lipinski definition) is 2. The SMILES string of the molecule is Cc1nn(C(C)C)c2cccc(C(C(=O)O)N3CC(OCCCCCc4ccc5c(n4)NCCC5)C3)c12. The highest BCUT2D eigenvalue weighted by molar-refractivity contribution is 5.90. The number of carboxylic acid groups (broad SMARTS) is 1. The second-order valence-corrected chi connectivity index (χ2v) is 10.7. The molecule has 2 N–H and O–H groups in total. The highest BCUT2D eigenvalue weighted by Gasteiger charge is 2.39. The van der Waals surface area contributed by atoms with Crippen molar-refractivity contribution in [3.05, 3.63) is 52.8 Å². The van der Waals surface area contributed by atoms with Gasteiger partial charge in [-0.3, -0.25) is 14.4 Å². The molecule has 0 radical (unpaired) electrons. The highest BCUT2D eigenvalue weighted by Crippen LogP contribution is 2.34. The molecule has 0 bridgehead atoms. The summed E-state index contributed by atoms with van der Waals surface area (Å²) in [7, 11) is 0. The van der Waals surface area contributed by atoms with Crippen LogP contribution in [0, 0.1) is 6.92 Å². The van der Waals surface area contributed by atoms with Gasteiger partial charge < -0.3 is 15.2 Å². The van der Waals surface area contributed by atoms with E-state index in [4.69, 9.17) is 9.72 Å². The van der Waals surface area contributed by atoms with Gasteiger partial charge in [0.05, 0.1) is 17.3 Å². The van der Waals surface area contributed by atoms with E-state index in [1.807, 2.05) is 34.7 Å². The molecular formula is C29H39N5O3. The summed E-state index contributed by atoms with van der Waals surface area (Å²) in [6, 6.07) is 9.81. The molecule has 1 unspecified atom stereocenters. The van der Waals surface area contributed by atoms with Crippen LogP contribution in [0.5, 0.6) is 0 Å². The summed E-state index contributed by atoms with van der Waals surface area (Å²) in [5, 5.41) is 19.2. The number of benzene rings is 1. The maximum absolute atomic E-state index is 12.3. The van der Waals surface area contributed by atoms with E-state index in [2.05, 4.69) is 36.4 Å². The van der Waals surface area contributed by atoms with Gasteiger partial charge >= 0.3 is 5.97 Å². The van der Waals surface area contributed by atoms with Crippen LogP contribution in [0.1, 0.15) is 74.1 Å².